The van der Waals surface area contributed by atoms with E-state index in [-0.39, 0.29) is 18.5 Å². The second kappa shape index (κ2) is 7.97. The van der Waals surface area contributed by atoms with Crippen molar-refractivity contribution < 1.29 is 24.2 Å². The van der Waals surface area contributed by atoms with Crippen molar-refractivity contribution in [3.63, 3.8) is 0 Å². The summed E-state index contributed by atoms with van der Waals surface area (Å²) >= 11 is 0. The van der Waals surface area contributed by atoms with Gasteiger partial charge in [-0.25, -0.2) is 0 Å². The molecule has 126 valence electrons. The first kappa shape index (κ1) is 17.3. The van der Waals surface area contributed by atoms with Gasteiger partial charge in [-0.1, -0.05) is 12.1 Å². The van der Waals surface area contributed by atoms with Gasteiger partial charge in [-0.15, -0.1) is 0 Å². The van der Waals surface area contributed by atoms with E-state index in [0.29, 0.717) is 31.8 Å². The fourth-order valence-corrected chi connectivity index (χ4v) is 2.71. The van der Waals surface area contributed by atoms with Crippen LogP contribution in [-0.2, 0) is 14.3 Å². The Morgan fingerprint density at radius 1 is 1.39 bits per heavy atom. The number of hydrogen-bond acceptors (Lipinski definition) is 4. The summed E-state index contributed by atoms with van der Waals surface area (Å²) in [6, 6.07) is 7.32. The number of amides is 1. The summed E-state index contributed by atoms with van der Waals surface area (Å²) in [6.45, 7) is 4.37. The number of carboxylic acid groups (broad SMARTS) is 1. The maximum Gasteiger partial charge on any atom is 0.323 e. The molecule has 6 heteroatoms. The average molecular weight is 321 g/mol. The zero-order valence-electron chi connectivity index (χ0n) is 13.5. The van der Waals surface area contributed by atoms with Gasteiger partial charge in [0.2, 0.25) is 0 Å². The van der Waals surface area contributed by atoms with Crippen LogP contribution in [0.25, 0.3) is 0 Å². The molecule has 1 fully saturated rings. The number of ether oxygens (including phenoxy) is 2. The van der Waals surface area contributed by atoms with Crippen molar-refractivity contribution in [1.82, 2.24) is 4.90 Å². The second-order valence-corrected chi connectivity index (χ2v) is 5.78. The largest absolute Gasteiger partial charge is 0.481 e. The molecule has 1 saturated heterocycles. The van der Waals surface area contributed by atoms with Gasteiger partial charge in [-0.3, -0.25) is 9.59 Å². The number of hydrogen-bond donors (Lipinski definition) is 1. The minimum atomic E-state index is -1.02. The van der Waals surface area contributed by atoms with E-state index < -0.39 is 12.1 Å². The number of carboxylic acids is 1. The van der Waals surface area contributed by atoms with Crippen LogP contribution in [0, 0.1) is 6.92 Å². The van der Waals surface area contributed by atoms with E-state index in [1.807, 2.05) is 25.1 Å². The molecular weight excluding hydrogens is 298 g/mol. The van der Waals surface area contributed by atoms with E-state index in [9.17, 15) is 9.59 Å². The predicted octanol–water partition coefficient (Wildman–Crippen LogP) is 1.85. The van der Waals surface area contributed by atoms with Crippen LogP contribution in [0.5, 0.6) is 5.75 Å². The molecule has 2 rings (SSSR count). The van der Waals surface area contributed by atoms with E-state index in [0.717, 1.165) is 5.56 Å². The minimum absolute atomic E-state index is 0.115. The van der Waals surface area contributed by atoms with Crippen molar-refractivity contribution in [1.29, 1.82) is 0 Å². The van der Waals surface area contributed by atoms with Crippen molar-refractivity contribution in [3.8, 4) is 5.75 Å². The maximum absolute atomic E-state index is 12.7. The van der Waals surface area contributed by atoms with Crippen LogP contribution in [-0.4, -0.2) is 53.8 Å². The van der Waals surface area contributed by atoms with Crippen molar-refractivity contribution in [2.75, 3.05) is 19.8 Å². The zero-order valence-corrected chi connectivity index (χ0v) is 13.5. The Morgan fingerprint density at radius 3 is 2.70 bits per heavy atom. The molecule has 1 aliphatic rings. The Bertz CT molecular complexity index is 554. The third-order valence-corrected chi connectivity index (χ3v) is 3.87. The Morgan fingerprint density at radius 2 is 2.09 bits per heavy atom. The Balaban J connectivity index is 2.07. The van der Waals surface area contributed by atoms with Gasteiger partial charge in [0.25, 0.3) is 5.91 Å². The van der Waals surface area contributed by atoms with Crippen molar-refractivity contribution in [2.45, 2.75) is 38.8 Å². The van der Waals surface area contributed by atoms with E-state index in [1.54, 1.807) is 13.0 Å². The average Bonchev–Trinajstić information content (AvgIpc) is 2.52. The van der Waals surface area contributed by atoms with Gasteiger partial charge in [-0.05, 0) is 44.4 Å². The van der Waals surface area contributed by atoms with Crippen molar-refractivity contribution >= 4 is 11.9 Å². The SMILES string of the molecule is Cc1cccc(O[C@H](C)C(=O)N(CC(=O)O)C2CCOCC2)c1. The van der Waals surface area contributed by atoms with Gasteiger partial charge >= 0.3 is 5.97 Å². The third kappa shape index (κ3) is 4.96. The molecule has 1 amide bonds. The second-order valence-electron chi connectivity index (χ2n) is 5.78. The van der Waals surface area contributed by atoms with Crippen LogP contribution < -0.4 is 4.74 Å². The lowest BCUT2D eigenvalue weighted by molar-refractivity contribution is -0.151. The van der Waals surface area contributed by atoms with Crippen molar-refractivity contribution in [3.05, 3.63) is 29.8 Å². The normalized spacial score (nSPS) is 16.6. The lowest BCUT2D eigenvalue weighted by Crippen LogP contribution is -2.50. The van der Waals surface area contributed by atoms with E-state index in [2.05, 4.69) is 0 Å². The van der Waals surface area contributed by atoms with Crippen LogP contribution in [0.15, 0.2) is 24.3 Å². The highest BCUT2D eigenvalue weighted by Crippen LogP contribution is 2.19. The number of aliphatic carboxylic acids is 1. The quantitative estimate of drug-likeness (QED) is 0.865. The summed E-state index contributed by atoms with van der Waals surface area (Å²) in [5, 5.41) is 9.11. The highest BCUT2D eigenvalue weighted by Gasteiger charge is 2.31. The van der Waals surface area contributed by atoms with Crippen LogP contribution in [0.2, 0.25) is 0 Å². The number of carbonyl (C=O) groups excluding carboxylic acids is 1. The summed E-state index contributed by atoms with van der Waals surface area (Å²) in [4.78, 5) is 25.2. The topological polar surface area (TPSA) is 76.1 Å². The highest BCUT2D eigenvalue weighted by molar-refractivity contribution is 5.85. The Labute approximate surface area is 136 Å². The van der Waals surface area contributed by atoms with E-state index in [1.165, 1.54) is 4.90 Å². The van der Waals surface area contributed by atoms with Gasteiger partial charge in [0.05, 0.1) is 0 Å². The first-order chi connectivity index (χ1) is 11.0. The molecule has 0 aliphatic carbocycles. The molecule has 1 atom stereocenters. The first-order valence-corrected chi connectivity index (χ1v) is 7.80. The number of carbonyl (C=O) groups is 2. The molecule has 0 aromatic heterocycles. The number of aryl methyl sites for hydroxylation is 1. The third-order valence-electron chi connectivity index (χ3n) is 3.87. The predicted molar refractivity (Wildman–Crippen MR) is 84.5 cm³/mol. The Kier molecular flexibility index (Phi) is 5.98. The van der Waals surface area contributed by atoms with Gasteiger partial charge < -0.3 is 19.5 Å². The standard InChI is InChI=1S/C17H23NO5/c1-12-4-3-5-15(10-12)23-13(2)17(21)18(11-16(19)20)14-6-8-22-9-7-14/h3-5,10,13-14H,6-9,11H2,1-2H3,(H,19,20)/t13-/m1/s1. The molecular formula is C17H23NO5. The highest BCUT2D eigenvalue weighted by atomic mass is 16.5. The first-order valence-electron chi connectivity index (χ1n) is 7.80. The summed E-state index contributed by atoms with van der Waals surface area (Å²) in [6.07, 6.45) is 0.561. The summed E-state index contributed by atoms with van der Waals surface area (Å²) in [5.41, 5.74) is 1.04. The molecule has 1 aliphatic heterocycles. The van der Waals surface area contributed by atoms with Crippen LogP contribution >= 0.6 is 0 Å². The fraction of sp³-hybridized carbons (Fsp3) is 0.529. The molecule has 1 N–H and O–H groups in total. The molecule has 1 aromatic rings. The molecule has 6 nitrogen and oxygen atoms in total. The lowest BCUT2D eigenvalue weighted by Gasteiger charge is -2.34. The number of benzene rings is 1. The molecule has 23 heavy (non-hydrogen) atoms. The molecule has 0 saturated carbocycles. The van der Waals surface area contributed by atoms with Crippen molar-refractivity contribution in [2.24, 2.45) is 0 Å². The summed E-state index contributed by atoms with van der Waals surface area (Å²) in [7, 11) is 0. The molecule has 0 unspecified atom stereocenters. The van der Waals surface area contributed by atoms with Gasteiger partial charge in [0.15, 0.2) is 6.10 Å². The molecule has 1 aromatic carbocycles. The van der Waals surface area contributed by atoms with Crippen LogP contribution in [0.3, 0.4) is 0 Å². The van der Waals surface area contributed by atoms with Crippen LogP contribution in [0.1, 0.15) is 25.3 Å². The molecule has 0 spiro atoms. The molecule has 0 radical (unpaired) electrons. The molecule has 0 bridgehead atoms. The fourth-order valence-electron chi connectivity index (χ4n) is 2.71. The zero-order chi connectivity index (χ0) is 16.8. The van der Waals surface area contributed by atoms with Gasteiger partial charge in [-0.2, -0.15) is 0 Å². The monoisotopic (exact) mass is 321 g/mol. The maximum atomic E-state index is 12.7. The van der Waals surface area contributed by atoms with Gasteiger partial charge in [0.1, 0.15) is 12.3 Å². The number of nitrogens with zero attached hydrogens (tertiary/aromatic N) is 1. The molecule has 1 heterocycles. The van der Waals surface area contributed by atoms with E-state index in [4.69, 9.17) is 14.6 Å². The minimum Gasteiger partial charge on any atom is -0.481 e. The van der Waals surface area contributed by atoms with Gasteiger partial charge in [0, 0.05) is 19.3 Å². The lowest BCUT2D eigenvalue weighted by atomic mass is 10.1. The van der Waals surface area contributed by atoms with E-state index >= 15 is 0 Å². The smallest absolute Gasteiger partial charge is 0.323 e. The van der Waals surface area contributed by atoms with Crippen LogP contribution in [0.4, 0.5) is 0 Å². The Hall–Kier alpha value is -2.08. The summed E-state index contributed by atoms with van der Waals surface area (Å²) in [5.74, 6) is -0.721. The summed E-state index contributed by atoms with van der Waals surface area (Å²) < 4.78 is 11.0. The number of rotatable bonds is 6.